The molecule has 0 spiro atoms. The lowest BCUT2D eigenvalue weighted by atomic mass is 10.1. The van der Waals surface area contributed by atoms with E-state index in [2.05, 4.69) is 6.92 Å². The summed E-state index contributed by atoms with van der Waals surface area (Å²) in [6.45, 7) is 4.10. The van der Waals surface area contributed by atoms with Crippen LogP contribution < -0.4 is 4.74 Å². The second-order valence-corrected chi connectivity index (χ2v) is 4.05. The Morgan fingerprint density at radius 2 is 1.94 bits per heavy atom. The van der Waals surface area contributed by atoms with Gasteiger partial charge in [0.25, 0.3) is 0 Å². The van der Waals surface area contributed by atoms with E-state index in [0.29, 0.717) is 12.2 Å². The normalized spacial score (nSPS) is 10.1. The van der Waals surface area contributed by atoms with Gasteiger partial charge in [-0.3, -0.25) is 4.79 Å². The van der Waals surface area contributed by atoms with E-state index in [9.17, 15) is 4.79 Å². The summed E-state index contributed by atoms with van der Waals surface area (Å²) < 4.78 is 5.29. The third-order valence-electron chi connectivity index (χ3n) is 2.55. The molecule has 1 rings (SSSR count). The number of ether oxygens (including phenoxy) is 1. The molecule has 0 radical (unpaired) electrons. The highest BCUT2D eigenvalue weighted by Crippen LogP contribution is 2.17. The SMILES string of the molecule is CCCCCCC(=O)Oc1ccccc1C. The first-order valence-electron chi connectivity index (χ1n) is 6.00. The number of unbranched alkanes of at least 4 members (excludes halogenated alkanes) is 3. The van der Waals surface area contributed by atoms with E-state index in [0.717, 1.165) is 18.4 Å². The Labute approximate surface area is 97.6 Å². The summed E-state index contributed by atoms with van der Waals surface area (Å²) in [4.78, 5) is 11.5. The molecule has 0 unspecified atom stereocenters. The van der Waals surface area contributed by atoms with Crippen LogP contribution in [0.15, 0.2) is 24.3 Å². The summed E-state index contributed by atoms with van der Waals surface area (Å²) in [6.07, 6.45) is 4.94. The summed E-state index contributed by atoms with van der Waals surface area (Å²) in [7, 11) is 0. The number of carbonyl (C=O) groups is 1. The molecule has 0 saturated heterocycles. The van der Waals surface area contributed by atoms with E-state index < -0.39 is 0 Å². The molecule has 0 N–H and O–H groups in total. The van der Waals surface area contributed by atoms with Crippen LogP contribution in [0.5, 0.6) is 5.75 Å². The van der Waals surface area contributed by atoms with Crippen molar-refractivity contribution >= 4 is 5.97 Å². The van der Waals surface area contributed by atoms with Crippen molar-refractivity contribution in [3.63, 3.8) is 0 Å². The Hall–Kier alpha value is -1.31. The minimum absolute atomic E-state index is 0.120. The highest BCUT2D eigenvalue weighted by Gasteiger charge is 2.05. The van der Waals surface area contributed by atoms with Crippen molar-refractivity contribution in [3.05, 3.63) is 29.8 Å². The van der Waals surface area contributed by atoms with Crippen LogP contribution in [0.4, 0.5) is 0 Å². The van der Waals surface area contributed by atoms with E-state index >= 15 is 0 Å². The third-order valence-corrected chi connectivity index (χ3v) is 2.55. The summed E-state index contributed by atoms with van der Waals surface area (Å²) in [5.41, 5.74) is 1.00. The van der Waals surface area contributed by atoms with Gasteiger partial charge in [0, 0.05) is 6.42 Å². The Balaban J connectivity index is 2.32. The van der Waals surface area contributed by atoms with Gasteiger partial charge in [-0.1, -0.05) is 44.4 Å². The zero-order valence-corrected chi connectivity index (χ0v) is 10.2. The van der Waals surface area contributed by atoms with Crippen LogP contribution in [0, 0.1) is 6.92 Å². The number of esters is 1. The van der Waals surface area contributed by atoms with Gasteiger partial charge in [-0.15, -0.1) is 0 Å². The van der Waals surface area contributed by atoms with Crippen molar-refractivity contribution < 1.29 is 9.53 Å². The van der Waals surface area contributed by atoms with Gasteiger partial charge < -0.3 is 4.74 Å². The van der Waals surface area contributed by atoms with E-state index in [-0.39, 0.29) is 5.97 Å². The summed E-state index contributed by atoms with van der Waals surface area (Å²) in [5, 5.41) is 0. The Bertz CT molecular complexity index is 331. The molecule has 0 aliphatic carbocycles. The zero-order chi connectivity index (χ0) is 11.8. The lowest BCUT2D eigenvalue weighted by Gasteiger charge is -2.06. The lowest BCUT2D eigenvalue weighted by molar-refractivity contribution is -0.134. The van der Waals surface area contributed by atoms with Gasteiger partial charge in [0.2, 0.25) is 0 Å². The van der Waals surface area contributed by atoms with Crippen molar-refractivity contribution in [1.29, 1.82) is 0 Å². The average molecular weight is 220 g/mol. The molecule has 0 fully saturated rings. The number of carbonyl (C=O) groups excluding carboxylic acids is 1. The van der Waals surface area contributed by atoms with E-state index in [1.165, 1.54) is 12.8 Å². The number of rotatable bonds is 6. The molecular weight excluding hydrogens is 200 g/mol. The van der Waals surface area contributed by atoms with Crippen LogP contribution in [0.25, 0.3) is 0 Å². The second kappa shape index (κ2) is 7.04. The minimum Gasteiger partial charge on any atom is -0.426 e. The van der Waals surface area contributed by atoms with E-state index in [1.54, 1.807) is 0 Å². The lowest BCUT2D eigenvalue weighted by Crippen LogP contribution is -2.08. The molecule has 0 heterocycles. The highest BCUT2D eigenvalue weighted by molar-refractivity contribution is 5.72. The zero-order valence-electron chi connectivity index (χ0n) is 10.2. The third kappa shape index (κ3) is 4.47. The van der Waals surface area contributed by atoms with Crippen molar-refractivity contribution in [1.82, 2.24) is 0 Å². The Morgan fingerprint density at radius 1 is 1.19 bits per heavy atom. The quantitative estimate of drug-likeness (QED) is 0.413. The molecule has 0 atom stereocenters. The van der Waals surface area contributed by atoms with Gasteiger partial charge in [-0.25, -0.2) is 0 Å². The molecule has 2 heteroatoms. The van der Waals surface area contributed by atoms with Crippen LogP contribution in [0.3, 0.4) is 0 Å². The van der Waals surface area contributed by atoms with Crippen LogP contribution in [0.2, 0.25) is 0 Å². The molecule has 0 amide bonds. The van der Waals surface area contributed by atoms with Crippen LogP contribution in [-0.2, 0) is 4.79 Å². The number of hydrogen-bond acceptors (Lipinski definition) is 2. The average Bonchev–Trinajstić information content (AvgIpc) is 2.28. The number of para-hydroxylation sites is 1. The predicted octanol–water partition coefficient (Wildman–Crippen LogP) is 3.87. The number of aryl methyl sites for hydroxylation is 1. The van der Waals surface area contributed by atoms with E-state index in [4.69, 9.17) is 4.74 Å². The van der Waals surface area contributed by atoms with Crippen molar-refractivity contribution in [2.45, 2.75) is 46.0 Å². The summed E-state index contributed by atoms with van der Waals surface area (Å²) in [6, 6.07) is 7.60. The largest absolute Gasteiger partial charge is 0.426 e. The minimum atomic E-state index is -0.120. The second-order valence-electron chi connectivity index (χ2n) is 4.05. The molecular formula is C14H20O2. The molecule has 0 aliphatic heterocycles. The molecule has 16 heavy (non-hydrogen) atoms. The molecule has 0 aromatic heterocycles. The maximum absolute atomic E-state index is 11.5. The van der Waals surface area contributed by atoms with Gasteiger partial charge in [-0.05, 0) is 25.0 Å². The van der Waals surface area contributed by atoms with Crippen molar-refractivity contribution in [2.24, 2.45) is 0 Å². The van der Waals surface area contributed by atoms with Gasteiger partial charge in [-0.2, -0.15) is 0 Å². The summed E-state index contributed by atoms with van der Waals surface area (Å²) in [5.74, 6) is 0.563. The monoisotopic (exact) mass is 220 g/mol. The van der Waals surface area contributed by atoms with Crippen molar-refractivity contribution in [2.75, 3.05) is 0 Å². The maximum atomic E-state index is 11.5. The van der Waals surface area contributed by atoms with Gasteiger partial charge in [0.1, 0.15) is 5.75 Å². The van der Waals surface area contributed by atoms with Crippen LogP contribution >= 0.6 is 0 Å². The molecule has 2 nitrogen and oxygen atoms in total. The van der Waals surface area contributed by atoms with Gasteiger partial charge in [0.15, 0.2) is 0 Å². The topological polar surface area (TPSA) is 26.3 Å². The molecule has 0 aliphatic rings. The molecule has 0 bridgehead atoms. The van der Waals surface area contributed by atoms with Gasteiger partial charge in [0.05, 0.1) is 0 Å². The molecule has 88 valence electrons. The number of hydrogen-bond donors (Lipinski definition) is 0. The molecule has 0 saturated carbocycles. The fourth-order valence-electron chi connectivity index (χ4n) is 1.54. The Kier molecular flexibility index (Phi) is 5.62. The molecule has 1 aromatic carbocycles. The van der Waals surface area contributed by atoms with Gasteiger partial charge >= 0.3 is 5.97 Å². The predicted molar refractivity (Wildman–Crippen MR) is 65.6 cm³/mol. The Morgan fingerprint density at radius 3 is 2.62 bits per heavy atom. The first-order valence-corrected chi connectivity index (χ1v) is 6.00. The van der Waals surface area contributed by atoms with E-state index in [1.807, 2.05) is 31.2 Å². The van der Waals surface area contributed by atoms with Crippen LogP contribution in [-0.4, -0.2) is 5.97 Å². The smallest absolute Gasteiger partial charge is 0.311 e. The standard InChI is InChI=1S/C14H20O2/c1-3-4-5-6-11-14(15)16-13-10-8-7-9-12(13)2/h7-10H,3-6,11H2,1-2H3. The first kappa shape index (κ1) is 12.8. The fourth-order valence-corrected chi connectivity index (χ4v) is 1.54. The highest BCUT2D eigenvalue weighted by atomic mass is 16.5. The summed E-state index contributed by atoms with van der Waals surface area (Å²) >= 11 is 0. The van der Waals surface area contributed by atoms with Crippen LogP contribution in [0.1, 0.15) is 44.6 Å². The van der Waals surface area contributed by atoms with Crippen molar-refractivity contribution in [3.8, 4) is 5.75 Å². The fraction of sp³-hybridized carbons (Fsp3) is 0.500. The number of benzene rings is 1. The maximum Gasteiger partial charge on any atom is 0.311 e. The first-order chi connectivity index (χ1) is 7.74. The molecule has 1 aromatic rings.